The Balaban J connectivity index is 2.16. The van der Waals surface area contributed by atoms with Crippen molar-refractivity contribution in [2.75, 3.05) is 50.2 Å². The first-order valence-corrected chi connectivity index (χ1v) is 6.78. The summed E-state index contributed by atoms with van der Waals surface area (Å²) >= 11 is 0. The standard InChI is InChI=1S/C12H21N5O3/c1-3-4-13-10-14-11(16-12(15-10)19-2)17-5-6-20-9(7-17)8-18/h9,18H,3-8H2,1-2H3,(H,13,14,15,16). The molecule has 1 unspecified atom stereocenters. The van der Waals surface area contributed by atoms with Crippen molar-refractivity contribution in [2.24, 2.45) is 0 Å². The number of hydrogen-bond acceptors (Lipinski definition) is 8. The maximum absolute atomic E-state index is 9.19. The number of nitrogens with one attached hydrogen (secondary N) is 1. The predicted molar refractivity (Wildman–Crippen MR) is 74.2 cm³/mol. The van der Waals surface area contributed by atoms with Crippen molar-refractivity contribution in [3.8, 4) is 6.01 Å². The van der Waals surface area contributed by atoms with E-state index in [4.69, 9.17) is 9.47 Å². The third-order valence-electron chi connectivity index (χ3n) is 2.94. The summed E-state index contributed by atoms with van der Waals surface area (Å²) in [7, 11) is 1.53. The van der Waals surface area contributed by atoms with Crippen LogP contribution in [0.2, 0.25) is 0 Å². The Hall–Kier alpha value is -1.67. The molecule has 0 amide bonds. The van der Waals surface area contributed by atoms with Crippen LogP contribution in [0.25, 0.3) is 0 Å². The van der Waals surface area contributed by atoms with Crippen LogP contribution in [0.1, 0.15) is 13.3 Å². The number of aliphatic hydroxyl groups is 1. The topological polar surface area (TPSA) is 92.6 Å². The van der Waals surface area contributed by atoms with Crippen LogP contribution >= 0.6 is 0 Å². The number of anilines is 2. The SMILES string of the molecule is CCCNc1nc(OC)nc(N2CCOC(CO)C2)n1. The van der Waals surface area contributed by atoms with Gasteiger partial charge in [0.2, 0.25) is 11.9 Å². The molecule has 1 fully saturated rings. The number of morpholine rings is 1. The average Bonchev–Trinajstić information content (AvgIpc) is 2.52. The smallest absolute Gasteiger partial charge is 0.322 e. The van der Waals surface area contributed by atoms with Crippen LogP contribution in [0.3, 0.4) is 0 Å². The van der Waals surface area contributed by atoms with Gasteiger partial charge < -0.3 is 24.8 Å². The number of aromatic nitrogens is 3. The lowest BCUT2D eigenvalue weighted by atomic mass is 10.3. The third-order valence-corrected chi connectivity index (χ3v) is 2.94. The molecule has 1 saturated heterocycles. The minimum Gasteiger partial charge on any atom is -0.467 e. The molecule has 1 atom stereocenters. The van der Waals surface area contributed by atoms with E-state index in [-0.39, 0.29) is 18.7 Å². The minimum absolute atomic E-state index is 0.0142. The maximum Gasteiger partial charge on any atom is 0.322 e. The first-order chi connectivity index (χ1) is 9.76. The summed E-state index contributed by atoms with van der Waals surface area (Å²) in [5.41, 5.74) is 0. The van der Waals surface area contributed by atoms with E-state index in [0.29, 0.717) is 31.6 Å². The van der Waals surface area contributed by atoms with Gasteiger partial charge in [0.1, 0.15) is 0 Å². The molecule has 8 heteroatoms. The first-order valence-electron chi connectivity index (χ1n) is 6.78. The van der Waals surface area contributed by atoms with Gasteiger partial charge in [-0.3, -0.25) is 0 Å². The molecule has 0 saturated carbocycles. The van der Waals surface area contributed by atoms with Crippen LogP contribution in [-0.2, 0) is 4.74 Å². The first kappa shape index (κ1) is 14.7. The summed E-state index contributed by atoms with van der Waals surface area (Å²) in [6.45, 7) is 4.61. The van der Waals surface area contributed by atoms with E-state index in [1.165, 1.54) is 7.11 Å². The van der Waals surface area contributed by atoms with Gasteiger partial charge in [-0.25, -0.2) is 0 Å². The van der Waals surface area contributed by atoms with Gasteiger partial charge in [0.25, 0.3) is 0 Å². The zero-order valence-corrected chi connectivity index (χ0v) is 11.9. The molecule has 0 radical (unpaired) electrons. The summed E-state index contributed by atoms with van der Waals surface area (Å²) in [4.78, 5) is 14.8. The van der Waals surface area contributed by atoms with Crippen LogP contribution in [0.5, 0.6) is 6.01 Å². The van der Waals surface area contributed by atoms with Gasteiger partial charge in [0, 0.05) is 19.6 Å². The normalized spacial score (nSPS) is 18.9. The maximum atomic E-state index is 9.19. The molecule has 1 aliphatic rings. The molecular weight excluding hydrogens is 262 g/mol. The zero-order chi connectivity index (χ0) is 14.4. The van der Waals surface area contributed by atoms with E-state index in [1.54, 1.807) is 0 Å². The lowest BCUT2D eigenvalue weighted by molar-refractivity contribution is 0.00311. The highest BCUT2D eigenvalue weighted by molar-refractivity contribution is 5.38. The molecule has 0 aromatic carbocycles. The summed E-state index contributed by atoms with van der Waals surface area (Å²) < 4.78 is 10.5. The Bertz CT molecular complexity index is 432. The van der Waals surface area contributed by atoms with Gasteiger partial charge in [0.05, 0.1) is 26.4 Å². The molecule has 2 heterocycles. The number of nitrogens with zero attached hydrogens (tertiary/aromatic N) is 4. The fourth-order valence-electron chi connectivity index (χ4n) is 1.91. The number of ether oxygens (including phenoxy) is 2. The second kappa shape index (κ2) is 7.20. The summed E-state index contributed by atoms with van der Waals surface area (Å²) in [5, 5.41) is 12.3. The molecule has 1 aromatic heterocycles. The Morgan fingerprint density at radius 2 is 2.30 bits per heavy atom. The van der Waals surface area contributed by atoms with Crippen molar-refractivity contribution in [1.82, 2.24) is 15.0 Å². The second-order valence-electron chi connectivity index (χ2n) is 4.49. The molecular formula is C12H21N5O3. The molecule has 0 aliphatic carbocycles. The van der Waals surface area contributed by atoms with Crippen LogP contribution < -0.4 is 15.0 Å². The Labute approximate surface area is 118 Å². The largest absolute Gasteiger partial charge is 0.467 e. The van der Waals surface area contributed by atoms with E-state index < -0.39 is 0 Å². The van der Waals surface area contributed by atoms with E-state index >= 15 is 0 Å². The van der Waals surface area contributed by atoms with Gasteiger partial charge in [-0.1, -0.05) is 6.92 Å². The molecule has 1 aromatic rings. The fraction of sp³-hybridized carbons (Fsp3) is 0.750. The van der Waals surface area contributed by atoms with Crippen molar-refractivity contribution in [3.05, 3.63) is 0 Å². The lowest BCUT2D eigenvalue weighted by Gasteiger charge is -2.32. The highest BCUT2D eigenvalue weighted by atomic mass is 16.5. The predicted octanol–water partition coefficient (Wildman–Crippen LogP) is -0.100. The van der Waals surface area contributed by atoms with Crippen LogP contribution in [0.4, 0.5) is 11.9 Å². The lowest BCUT2D eigenvalue weighted by Crippen LogP contribution is -2.45. The van der Waals surface area contributed by atoms with E-state index in [1.807, 2.05) is 4.90 Å². The second-order valence-corrected chi connectivity index (χ2v) is 4.49. The number of rotatable bonds is 6. The van der Waals surface area contributed by atoms with Gasteiger partial charge in [-0.15, -0.1) is 0 Å². The quantitative estimate of drug-likeness (QED) is 0.747. The van der Waals surface area contributed by atoms with Crippen LogP contribution in [-0.4, -0.2) is 66.1 Å². The van der Waals surface area contributed by atoms with Gasteiger partial charge >= 0.3 is 6.01 Å². The van der Waals surface area contributed by atoms with E-state index in [0.717, 1.165) is 13.0 Å². The van der Waals surface area contributed by atoms with Crippen LogP contribution in [0.15, 0.2) is 0 Å². The molecule has 0 bridgehead atoms. The third kappa shape index (κ3) is 3.67. The average molecular weight is 283 g/mol. The molecule has 8 nitrogen and oxygen atoms in total. The molecule has 1 aliphatic heterocycles. The van der Waals surface area contributed by atoms with Crippen molar-refractivity contribution in [3.63, 3.8) is 0 Å². The summed E-state index contributed by atoms with van der Waals surface area (Å²) in [6.07, 6.45) is 0.770. The number of hydrogen-bond donors (Lipinski definition) is 2. The van der Waals surface area contributed by atoms with Crippen molar-refractivity contribution < 1.29 is 14.6 Å². The molecule has 2 rings (SSSR count). The Morgan fingerprint density at radius 1 is 1.45 bits per heavy atom. The van der Waals surface area contributed by atoms with Gasteiger partial charge in [0.15, 0.2) is 0 Å². The highest BCUT2D eigenvalue weighted by Gasteiger charge is 2.23. The summed E-state index contributed by atoms with van der Waals surface area (Å²) in [5.74, 6) is 1.04. The van der Waals surface area contributed by atoms with Crippen molar-refractivity contribution >= 4 is 11.9 Å². The van der Waals surface area contributed by atoms with Gasteiger partial charge in [-0.05, 0) is 6.42 Å². The number of aliphatic hydroxyl groups excluding tert-OH is 1. The minimum atomic E-state index is -0.210. The highest BCUT2D eigenvalue weighted by Crippen LogP contribution is 2.17. The number of methoxy groups -OCH3 is 1. The van der Waals surface area contributed by atoms with E-state index in [9.17, 15) is 5.11 Å². The van der Waals surface area contributed by atoms with Crippen molar-refractivity contribution in [1.29, 1.82) is 0 Å². The Morgan fingerprint density at radius 3 is 3.00 bits per heavy atom. The van der Waals surface area contributed by atoms with Gasteiger partial charge in [-0.2, -0.15) is 15.0 Å². The zero-order valence-electron chi connectivity index (χ0n) is 11.9. The Kier molecular flexibility index (Phi) is 5.31. The molecule has 20 heavy (non-hydrogen) atoms. The van der Waals surface area contributed by atoms with E-state index in [2.05, 4.69) is 27.2 Å². The molecule has 2 N–H and O–H groups in total. The molecule has 0 spiro atoms. The molecule has 112 valence electrons. The van der Waals surface area contributed by atoms with Crippen LogP contribution in [0, 0.1) is 0 Å². The monoisotopic (exact) mass is 283 g/mol. The van der Waals surface area contributed by atoms with Crippen molar-refractivity contribution in [2.45, 2.75) is 19.4 Å². The summed E-state index contributed by atoms with van der Waals surface area (Å²) in [6, 6.07) is 0.278. The fourth-order valence-corrected chi connectivity index (χ4v) is 1.91.